The number of amides is 1. The number of nitrogens with zero attached hydrogens (tertiary/aromatic N) is 5. The summed E-state index contributed by atoms with van der Waals surface area (Å²) in [5.74, 6) is -1.26. The number of para-hydroxylation sites is 1. The topological polar surface area (TPSA) is 72.5 Å². The Morgan fingerprint density at radius 2 is 2.00 bits per heavy atom. The third-order valence-corrected chi connectivity index (χ3v) is 5.88. The Morgan fingerprint density at radius 3 is 2.75 bits per heavy atom. The van der Waals surface area contributed by atoms with E-state index in [1.165, 1.54) is 15.5 Å². The van der Waals surface area contributed by atoms with Gasteiger partial charge in [0.15, 0.2) is 5.16 Å². The summed E-state index contributed by atoms with van der Waals surface area (Å²) in [5, 5.41) is 9.28. The predicted molar refractivity (Wildman–Crippen MR) is 119 cm³/mol. The number of rotatable bonds is 7. The van der Waals surface area contributed by atoms with E-state index in [9.17, 15) is 18.4 Å². The van der Waals surface area contributed by atoms with Crippen LogP contribution in [0.1, 0.15) is 5.56 Å². The Labute approximate surface area is 186 Å². The molecule has 0 saturated heterocycles. The lowest BCUT2D eigenvalue weighted by atomic mass is 10.2. The van der Waals surface area contributed by atoms with E-state index in [1.807, 2.05) is 6.07 Å². The number of thioether (sulfide) groups is 1. The molecule has 0 saturated carbocycles. The molecule has 2 aromatic heterocycles. The highest BCUT2D eigenvalue weighted by molar-refractivity contribution is 7.99. The van der Waals surface area contributed by atoms with Crippen LogP contribution in [0.5, 0.6) is 0 Å². The van der Waals surface area contributed by atoms with Gasteiger partial charge in [-0.2, -0.15) is 0 Å². The number of halogens is 2. The van der Waals surface area contributed by atoms with Gasteiger partial charge < -0.3 is 4.90 Å². The van der Waals surface area contributed by atoms with Crippen LogP contribution in [0.4, 0.5) is 8.78 Å². The van der Waals surface area contributed by atoms with Crippen LogP contribution < -0.4 is 5.56 Å². The third kappa shape index (κ3) is 4.01. The van der Waals surface area contributed by atoms with Gasteiger partial charge in [-0.05, 0) is 18.2 Å². The molecule has 2 heterocycles. The van der Waals surface area contributed by atoms with Gasteiger partial charge in [0.2, 0.25) is 11.7 Å². The van der Waals surface area contributed by atoms with Crippen molar-refractivity contribution >= 4 is 34.3 Å². The fourth-order valence-corrected chi connectivity index (χ4v) is 4.23. The number of benzene rings is 2. The normalized spacial score (nSPS) is 11.2. The standard InChI is InChI=1S/C22H19F2N5O2S/c1-3-10-28-20(31)16-6-4-5-7-18(16)29-21(28)25-26-22(29)32-13-19(30)27(2)12-14-8-9-15(23)11-17(14)24/h3-9,11H,1,10,12-13H2,2H3. The maximum atomic E-state index is 13.9. The second-order valence-electron chi connectivity index (χ2n) is 7.11. The summed E-state index contributed by atoms with van der Waals surface area (Å²) in [5.41, 5.74) is 0.656. The molecule has 4 rings (SSSR count). The molecule has 0 aliphatic carbocycles. The van der Waals surface area contributed by atoms with Gasteiger partial charge in [-0.1, -0.05) is 36.0 Å². The Balaban J connectivity index is 1.60. The molecule has 0 atom stereocenters. The number of hydrogen-bond donors (Lipinski definition) is 0. The second-order valence-corrected chi connectivity index (χ2v) is 8.06. The number of fused-ring (bicyclic) bond motifs is 3. The van der Waals surface area contributed by atoms with Crippen LogP contribution in [0.3, 0.4) is 0 Å². The molecule has 1 amide bonds. The zero-order valence-corrected chi connectivity index (χ0v) is 18.0. The minimum Gasteiger partial charge on any atom is -0.341 e. The van der Waals surface area contributed by atoms with Crippen molar-refractivity contribution in [2.45, 2.75) is 18.2 Å². The van der Waals surface area contributed by atoms with Crippen LogP contribution in [-0.4, -0.2) is 42.8 Å². The molecular weight excluding hydrogens is 436 g/mol. The van der Waals surface area contributed by atoms with Crippen molar-refractivity contribution < 1.29 is 13.6 Å². The summed E-state index contributed by atoms with van der Waals surface area (Å²) in [7, 11) is 1.55. The Kier molecular flexibility index (Phi) is 6.04. The van der Waals surface area contributed by atoms with Crippen molar-refractivity contribution in [2.24, 2.45) is 0 Å². The minimum atomic E-state index is -0.701. The number of allylic oxidation sites excluding steroid dienone is 1. The smallest absolute Gasteiger partial charge is 0.263 e. The SMILES string of the molecule is C=CCn1c(=O)c2ccccc2n2c(SCC(=O)N(C)Cc3ccc(F)cc3F)nnc12. The fraction of sp³-hybridized carbons (Fsp3) is 0.182. The molecule has 164 valence electrons. The van der Waals surface area contributed by atoms with E-state index < -0.39 is 11.6 Å². The van der Waals surface area contributed by atoms with Crippen LogP contribution >= 0.6 is 11.8 Å². The molecule has 0 bridgehead atoms. The maximum Gasteiger partial charge on any atom is 0.263 e. The molecule has 0 aliphatic rings. The van der Waals surface area contributed by atoms with Gasteiger partial charge in [0.1, 0.15) is 11.6 Å². The summed E-state index contributed by atoms with van der Waals surface area (Å²) >= 11 is 1.16. The van der Waals surface area contributed by atoms with Crippen LogP contribution in [0.25, 0.3) is 16.7 Å². The monoisotopic (exact) mass is 455 g/mol. The summed E-state index contributed by atoms with van der Waals surface area (Å²) in [6, 6.07) is 10.4. The van der Waals surface area contributed by atoms with Crippen molar-refractivity contribution in [1.29, 1.82) is 0 Å². The molecule has 2 aromatic carbocycles. The Morgan fingerprint density at radius 1 is 1.22 bits per heavy atom. The molecule has 0 N–H and O–H groups in total. The van der Waals surface area contributed by atoms with Crippen molar-refractivity contribution in [3.05, 3.63) is 82.7 Å². The lowest BCUT2D eigenvalue weighted by molar-refractivity contribution is -0.127. The first kappa shape index (κ1) is 21.7. The third-order valence-electron chi connectivity index (χ3n) is 4.96. The molecule has 7 nitrogen and oxygen atoms in total. The quantitative estimate of drug-likeness (QED) is 0.316. The predicted octanol–water partition coefficient (Wildman–Crippen LogP) is 3.26. The molecule has 0 fully saturated rings. The first-order chi connectivity index (χ1) is 15.4. The second kappa shape index (κ2) is 8.91. The summed E-state index contributed by atoms with van der Waals surface area (Å²) in [6.07, 6.45) is 1.60. The Bertz CT molecular complexity index is 1400. The van der Waals surface area contributed by atoms with Crippen molar-refractivity contribution in [1.82, 2.24) is 24.1 Å². The van der Waals surface area contributed by atoms with Gasteiger partial charge in [-0.3, -0.25) is 18.6 Å². The van der Waals surface area contributed by atoms with Crippen LogP contribution in [0.2, 0.25) is 0 Å². The molecule has 10 heteroatoms. The van der Waals surface area contributed by atoms with E-state index >= 15 is 0 Å². The van der Waals surface area contributed by atoms with Gasteiger partial charge in [0, 0.05) is 31.8 Å². The zero-order chi connectivity index (χ0) is 22.8. The highest BCUT2D eigenvalue weighted by Gasteiger charge is 2.18. The first-order valence-electron chi connectivity index (χ1n) is 9.69. The number of carbonyl (C=O) groups excluding carboxylic acids is 1. The van der Waals surface area contributed by atoms with E-state index in [-0.39, 0.29) is 35.9 Å². The van der Waals surface area contributed by atoms with Gasteiger partial charge in [-0.25, -0.2) is 8.78 Å². The van der Waals surface area contributed by atoms with Gasteiger partial charge in [-0.15, -0.1) is 16.8 Å². The van der Waals surface area contributed by atoms with Crippen LogP contribution in [-0.2, 0) is 17.9 Å². The van der Waals surface area contributed by atoms with Crippen molar-refractivity contribution in [3.63, 3.8) is 0 Å². The highest BCUT2D eigenvalue weighted by atomic mass is 32.2. The van der Waals surface area contributed by atoms with Crippen molar-refractivity contribution in [2.75, 3.05) is 12.8 Å². The molecular formula is C22H19F2N5O2S. The molecule has 0 unspecified atom stereocenters. The summed E-state index contributed by atoms with van der Waals surface area (Å²) < 4.78 is 30.2. The van der Waals surface area contributed by atoms with E-state index in [0.29, 0.717) is 21.8 Å². The molecule has 0 radical (unpaired) electrons. The summed E-state index contributed by atoms with van der Waals surface area (Å²) in [4.78, 5) is 26.8. The van der Waals surface area contributed by atoms with Crippen molar-refractivity contribution in [3.8, 4) is 0 Å². The average molecular weight is 455 g/mol. The summed E-state index contributed by atoms with van der Waals surface area (Å²) in [6.45, 7) is 3.97. The zero-order valence-electron chi connectivity index (χ0n) is 17.2. The van der Waals surface area contributed by atoms with E-state index in [2.05, 4.69) is 16.8 Å². The Hall–Kier alpha value is -3.53. The molecule has 0 aliphatic heterocycles. The number of aromatic nitrogens is 4. The molecule has 4 aromatic rings. The van der Waals surface area contributed by atoms with E-state index in [1.54, 1.807) is 35.7 Å². The number of carbonyl (C=O) groups is 1. The number of hydrogen-bond acceptors (Lipinski definition) is 5. The lowest BCUT2D eigenvalue weighted by Gasteiger charge is -2.17. The molecule has 0 spiro atoms. The van der Waals surface area contributed by atoms with Gasteiger partial charge in [0.05, 0.1) is 16.7 Å². The van der Waals surface area contributed by atoms with Gasteiger partial charge >= 0.3 is 0 Å². The van der Waals surface area contributed by atoms with Crippen LogP contribution in [0, 0.1) is 11.6 Å². The van der Waals surface area contributed by atoms with Gasteiger partial charge in [0.25, 0.3) is 5.56 Å². The minimum absolute atomic E-state index is 0.00783. The first-order valence-corrected chi connectivity index (χ1v) is 10.7. The lowest BCUT2D eigenvalue weighted by Crippen LogP contribution is -2.28. The van der Waals surface area contributed by atoms with E-state index in [0.717, 1.165) is 23.9 Å². The van der Waals surface area contributed by atoms with Crippen LogP contribution in [0.15, 0.2) is 65.1 Å². The van der Waals surface area contributed by atoms with E-state index in [4.69, 9.17) is 0 Å². The maximum absolute atomic E-state index is 13.9. The fourth-order valence-electron chi connectivity index (χ4n) is 3.35. The average Bonchev–Trinajstić information content (AvgIpc) is 3.20. The largest absolute Gasteiger partial charge is 0.341 e. The molecule has 32 heavy (non-hydrogen) atoms. The highest BCUT2D eigenvalue weighted by Crippen LogP contribution is 2.22.